The van der Waals surface area contributed by atoms with Gasteiger partial charge >= 0.3 is 0 Å². The second-order valence-corrected chi connectivity index (χ2v) is 6.00. The zero-order valence-corrected chi connectivity index (χ0v) is 14.8. The van der Waals surface area contributed by atoms with Crippen molar-refractivity contribution in [2.24, 2.45) is 0 Å². The number of hydrogen-bond acceptors (Lipinski definition) is 3. The van der Waals surface area contributed by atoms with Crippen LogP contribution in [-0.2, 0) is 0 Å². The molecule has 1 amide bonds. The molecule has 0 unspecified atom stereocenters. The van der Waals surface area contributed by atoms with Gasteiger partial charge < -0.3 is 10.1 Å². The van der Waals surface area contributed by atoms with E-state index in [-0.39, 0.29) is 5.91 Å². The van der Waals surface area contributed by atoms with Crippen molar-refractivity contribution in [2.45, 2.75) is 6.92 Å². The van der Waals surface area contributed by atoms with E-state index in [1.807, 2.05) is 0 Å². The summed E-state index contributed by atoms with van der Waals surface area (Å²) in [5.41, 5.74) is 1.25. The Kier molecular flexibility index (Phi) is 5.53. The fraction of sp³-hybridized carbons (Fsp3) is 0.158. The summed E-state index contributed by atoms with van der Waals surface area (Å²) in [6, 6.07) is 13.3. The van der Waals surface area contributed by atoms with Crippen LogP contribution >= 0.6 is 11.6 Å². The van der Waals surface area contributed by atoms with Gasteiger partial charge in [0, 0.05) is 5.02 Å². The van der Waals surface area contributed by atoms with Crippen LogP contribution in [-0.4, -0.2) is 28.8 Å². The summed E-state index contributed by atoms with van der Waals surface area (Å²) < 4.78 is 20.8. The summed E-state index contributed by atoms with van der Waals surface area (Å²) in [6.45, 7) is 2.36. The number of benzene rings is 2. The summed E-state index contributed by atoms with van der Waals surface area (Å²) in [6.07, 6.45) is 1.43. The molecule has 3 aromatic rings. The van der Waals surface area contributed by atoms with Gasteiger partial charge in [0.2, 0.25) is 0 Å². The molecule has 7 heteroatoms. The Hall–Kier alpha value is -2.86. The quantitative estimate of drug-likeness (QED) is 0.669. The number of para-hydroxylation sites is 1. The first-order valence-electron chi connectivity index (χ1n) is 8.02. The number of ether oxygens (including phenoxy) is 1. The van der Waals surface area contributed by atoms with Gasteiger partial charge in [-0.25, -0.2) is 9.07 Å². The lowest BCUT2D eigenvalue weighted by atomic mass is 10.2. The maximum atomic E-state index is 13.9. The Morgan fingerprint density at radius 1 is 1.23 bits per heavy atom. The van der Waals surface area contributed by atoms with E-state index in [4.69, 9.17) is 16.3 Å². The molecule has 0 aliphatic heterocycles. The van der Waals surface area contributed by atoms with Gasteiger partial charge in [-0.2, -0.15) is 5.10 Å². The predicted octanol–water partition coefficient (Wildman–Crippen LogP) is 3.78. The van der Waals surface area contributed by atoms with Gasteiger partial charge in [0.15, 0.2) is 0 Å². The third-order valence-corrected chi connectivity index (χ3v) is 4.06. The first kappa shape index (κ1) is 17.9. The first-order chi connectivity index (χ1) is 12.6. The molecule has 0 radical (unpaired) electrons. The molecule has 3 rings (SSSR count). The van der Waals surface area contributed by atoms with Crippen molar-refractivity contribution in [1.82, 2.24) is 15.1 Å². The molecule has 0 fully saturated rings. The number of hydrogen-bond donors (Lipinski definition) is 1. The number of carbonyl (C=O) groups excluding carboxylic acids is 1. The molecular formula is C19H17ClFN3O2. The average Bonchev–Trinajstić information content (AvgIpc) is 3.02. The highest BCUT2D eigenvalue weighted by atomic mass is 35.5. The van der Waals surface area contributed by atoms with Crippen LogP contribution in [0.5, 0.6) is 5.75 Å². The fourth-order valence-electron chi connectivity index (χ4n) is 2.46. The molecule has 134 valence electrons. The van der Waals surface area contributed by atoms with Crippen molar-refractivity contribution in [2.75, 3.05) is 13.2 Å². The SMILES string of the molecule is Cc1c(C(=O)NCCOc2ccc(Cl)cc2)cnn1-c1ccccc1F. The molecule has 26 heavy (non-hydrogen) atoms. The van der Waals surface area contributed by atoms with Gasteiger partial charge in [0.1, 0.15) is 23.9 Å². The van der Waals surface area contributed by atoms with E-state index in [9.17, 15) is 9.18 Å². The van der Waals surface area contributed by atoms with Crippen LogP contribution in [0.25, 0.3) is 5.69 Å². The molecule has 0 aliphatic carbocycles. The van der Waals surface area contributed by atoms with Crippen LogP contribution in [0.1, 0.15) is 16.1 Å². The number of carbonyl (C=O) groups is 1. The lowest BCUT2D eigenvalue weighted by Gasteiger charge is -2.08. The zero-order chi connectivity index (χ0) is 18.5. The normalized spacial score (nSPS) is 10.6. The number of rotatable bonds is 6. The topological polar surface area (TPSA) is 56.1 Å². The van der Waals surface area contributed by atoms with Crippen molar-refractivity contribution in [3.05, 3.63) is 76.8 Å². The van der Waals surface area contributed by atoms with Crippen LogP contribution in [0, 0.1) is 12.7 Å². The third kappa shape index (κ3) is 4.03. The lowest BCUT2D eigenvalue weighted by molar-refractivity contribution is 0.0946. The van der Waals surface area contributed by atoms with E-state index in [1.54, 1.807) is 49.4 Å². The van der Waals surface area contributed by atoms with E-state index in [0.717, 1.165) is 0 Å². The minimum Gasteiger partial charge on any atom is -0.492 e. The minimum absolute atomic E-state index is 0.287. The van der Waals surface area contributed by atoms with Gasteiger partial charge in [0.25, 0.3) is 5.91 Å². The van der Waals surface area contributed by atoms with Crippen LogP contribution in [0.4, 0.5) is 4.39 Å². The van der Waals surface area contributed by atoms with Gasteiger partial charge in [-0.15, -0.1) is 0 Å². The van der Waals surface area contributed by atoms with Crippen molar-refractivity contribution in [3.8, 4) is 11.4 Å². The van der Waals surface area contributed by atoms with Crippen molar-refractivity contribution >= 4 is 17.5 Å². The molecule has 1 aromatic heterocycles. The number of aromatic nitrogens is 2. The summed E-state index contributed by atoms with van der Waals surface area (Å²) in [5.74, 6) is -0.0148. The highest BCUT2D eigenvalue weighted by molar-refractivity contribution is 6.30. The van der Waals surface area contributed by atoms with Crippen LogP contribution in [0.2, 0.25) is 5.02 Å². The molecule has 0 aliphatic rings. The summed E-state index contributed by atoms with van der Waals surface area (Å²) >= 11 is 5.81. The predicted molar refractivity (Wildman–Crippen MR) is 97.5 cm³/mol. The maximum Gasteiger partial charge on any atom is 0.254 e. The van der Waals surface area contributed by atoms with E-state index in [0.29, 0.717) is 40.9 Å². The second kappa shape index (κ2) is 8.01. The Morgan fingerprint density at radius 3 is 2.69 bits per heavy atom. The molecule has 0 bridgehead atoms. The molecule has 0 atom stereocenters. The largest absolute Gasteiger partial charge is 0.492 e. The molecule has 0 saturated carbocycles. The Labute approximate surface area is 155 Å². The summed E-state index contributed by atoms with van der Waals surface area (Å²) in [4.78, 5) is 12.3. The van der Waals surface area contributed by atoms with Gasteiger partial charge in [-0.05, 0) is 43.3 Å². The average molecular weight is 374 g/mol. The number of nitrogens with one attached hydrogen (secondary N) is 1. The maximum absolute atomic E-state index is 13.9. The molecule has 5 nitrogen and oxygen atoms in total. The Morgan fingerprint density at radius 2 is 1.96 bits per heavy atom. The Bertz CT molecular complexity index is 909. The van der Waals surface area contributed by atoms with E-state index in [2.05, 4.69) is 10.4 Å². The first-order valence-corrected chi connectivity index (χ1v) is 8.40. The standard InChI is InChI=1S/C19H17ClFN3O2/c1-13-16(12-23-24(13)18-5-3-2-4-17(18)21)19(25)22-10-11-26-15-8-6-14(20)7-9-15/h2-9,12H,10-11H2,1H3,(H,22,25). The third-order valence-electron chi connectivity index (χ3n) is 3.81. The van der Waals surface area contributed by atoms with E-state index < -0.39 is 5.82 Å². The van der Waals surface area contributed by atoms with Gasteiger partial charge in [-0.3, -0.25) is 4.79 Å². The minimum atomic E-state index is -0.401. The molecule has 2 aromatic carbocycles. The van der Waals surface area contributed by atoms with Crippen LogP contribution in [0.3, 0.4) is 0 Å². The van der Waals surface area contributed by atoms with Crippen molar-refractivity contribution in [1.29, 1.82) is 0 Å². The molecule has 0 saturated heterocycles. The van der Waals surface area contributed by atoms with Gasteiger partial charge in [-0.1, -0.05) is 23.7 Å². The van der Waals surface area contributed by atoms with Crippen molar-refractivity contribution in [3.63, 3.8) is 0 Å². The van der Waals surface area contributed by atoms with Crippen LogP contribution < -0.4 is 10.1 Å². The van der Waals surface area contributed by atoms with Crippen LogP contribution in [0.15, 0.2) is 54.7 Å². The highest BCUT2D eigenvalue weighted by Gasteiger charge is 2.16. The zero-order valence-electron chi connectivity index (χ0n) is 14.1. The van der Waals surface area contributed by atoms with E-state index in [1.165, 1.54) is 16.9 Å². The molecule has 1 N–H and O–H groups in total. The highest BCUT2D eigenvalue weighted by Crippen LogP contribution is 2.17. The smallest absolute Gasteiger partial charge is 0.254 e. The molecule has 0 spiro atoms. The molecule has 1 heterocycles. The number of amides is 1. The summed E-state index contributed by atoms with van der Waals surface area (Å²) in [7, 11) is 0. The lowest BCUT2D eigenvalue weighted by Crippen LogP contribution is -2.28. The Balaban J connectivity index is 1.58. The monoisotopic (exact) mass is 373 g/mol. The van der Waals surface area contributed by atoms with Crippen molar-refractivity contribution < 1.29 is 13.9 Å². The van der Waals surface area contributed by atoms with E-state index >= 15 is 0 Å². The second-order valence-electron chi connectivity index (χ2n) is 5.57. The number of nitrogens with zero attached hydrogens (tertiary/aromatic N) is 2. The fourth-order valence-corrected chi connectivity index (χ4v) is 2.58. The summed E-state index contributed by atoms with van der Waals surface area (Å²) in [5, 5.41) is 7.52. The number of halogens is 2. The molecular weight excluding hydrogens is 357 g/mol. The van der Waals surface area contributed by atoms with Gasteiger partial charge in [0.05, 0.1) is 24.0 Å².